The number of hydrogen-bond acceptors (Lipinski definition) is 2. The van der Waals surface area contributed by atoms with Crippen LogP contribution in [0.1, 0.15) is 31.2 Å². The zero-order valence-electron chi connectivity index (χ0n) is 13.7. The molecule has 2 aliphatic rings. The lowest BCUT2D eigenvalue weighted by Crippen LogP contribution is -2.54. The van der Waals surface area contributed by atoms with E-state index >= 15 is 0 Å². The number of amides is 1. The van der Waals surface area contributed by atoms with Crippen molar-refractivity contribution in [1.29, 1.82) is 0 Å². The highest BCUT2D eigenvalue weighted by Gasteiger charge is 2.63. The van der Waals surface area contributed by atoms with Gasteiger partial charge in [0.25, 0.3) is 0 Å². The van der Waals surface area contributed by atoms with Gasteiger partial charge in [0.1, 0.15) is 0 Å². The van der Waals surface area contributed by atoms with Crippen LogP contribution in [-0.2, 0) is 11.3 Å². The van der Waals surface area contributed by atoms with Gasteiger partial charge in [-0.1, -0.05) is 30.3 Å². The molecule has 1 aromatic rings. The van der Waals surface area contributed by atoms with Crippen molar-refractivity contribution in [2.45, 2.75) is 38.4 Å². The Morgan fingerprint density at radius 1 is 1.04 bits per heavy atom. The summed E-state index contributed by atoms with van der Waals surface area (Å²) in [6, 6.07) is 9.44. The van der Waals surface area contributed by atoms with Gasteiger partial charge < -0.3 is 4.90 Å². The molecule has 0 aliphatic carbocycles. The van der Waals surface area contributed by atoms with E-state index in [9.17, 15) is 18.0 Å². The Bertz CT molecular complexity index is 569. The van der Waals surface area contributed by atoms with Crippen LogP contribution in [0, 0.1) is 5.41 Å². The molecule has 0 spiro atoms. The zero-order chi connectivity index (χ0) is 17.2. The molecule has 0 bridgehead atoms. The maximum absolute atomic E-state index is 13.9. The third kappa shape index (κ3) is 3.29. The molecule has 0 aromatic heterocycles. The molecule has 0 unspecified atom stereocenters. The molecule has 2 saturated heterocycles. The van der Waals surface area contributed by atoms with Crippen LogP contribution in [-0.4, -0.2) is 48.1 Å². The monoisotopic (exact) mass is 340 g/mol. The Hall–Kier alpha value is -1.56. The summed E-state index contributed by atoms with van der Waals surface area (Å²) >= 11 is 0. The van der Waals surface area contributed by atoms with Crippen molar-refractivity contribution in [1.82, 2.24) is 9.80 Å². The van der Waals surface area contributed by atoms with Crippen molar-refractivity contribution >= 4 is 5.91 Å². The number of alkyl halides is 3. The molecule has 132 valence electrons. The number of carbonyl (C=O) groups is 1. The van der Waals surface area contributed by atoms with Gasteiger partial charge in [0.15, 0.2) is 5.41 Å². The number of benzene rings is 1. The minimum Gasteiger partial charge on any atom is -0.342 e. The van der Waals surface area contributed by atoms with Gasteiger partial charge in [-0.25, -0.2) is 0 Å². The van der Waals surface area contributed by atoms with Gasteiger partial charge in [0, 0.05) is 26.2 Å². The van der Waals surface area contributed by atoms with Gasteiger partial charge in [-0.2, -0.15) is 13.2 Å². The quantitative estimate of drug-likeness (QED) is 0.841. The van der Waals surface area contributed by atoms with Gasteiger partial charge in [-0.3, -0.25) is 9.69 Å². The molecule has 0 N–H and O–H groups in total. The average Bonchev–Trinajstić information content (AvgIpc) is 3.01. The minimum absolute atomic E-state index is 0.140. The van der Waals surface area contributed by atoms with Crippen LogP contribution < -0.4 is 0 Å². The first-order valence-electron chi connectivity index (χ1n) is 8.55. The molecule has 2 fully saturated rings. The lowest BCUT2D eigenvalue weighted by Gasteiger charge is -2.37. The average molecular weight is 340 g/mol. The summed E-state index contributed by atoms with van der Waals surface area (Å²) in [4.78, 5) is 15.9. The fourth-order valence-corrected chi connectivity index (χ4v) is 3.79. The number of nitrogens with zero attached hydrogens (tertiary/aromatic N) is 2. The molecule has 6 heteroatoms. The van der Waals surface area contributed by atoms with Crippen molar-refractivity contribution in [2.75, 3.05) is 26.2 Å². The van der Waals surface area contributed by atoms with E-state index in [1.165, 1.54) is 4.90 Å². The van der Waals surface area contributed by atoms with Gasteiger partial charge in [0.05, 0.1) is 0 Å². The molecular weight excluding hydrogens is 317 g/mol. The normalized spacial score (nSPS) is 25.9. The molecule has 24 heavy (non-hydrogen) atoms. The third-order valence-electron chi connectivity index (χ3n) is 5.19. The molecule has 1 aromatic carbocycles. The Kier molecular flexibility index (Phi) is 4.85. The van der Waals surface area contributed by atoms with Crippen molar-refractivity contribution < 1.29 is 18.0 Å². The second-order valence-corrected chi connectivity index (χ2v) is 6.88. The number of rotatable bonds is 3. The van der Waals surface area contributed by atoms with Crippen LogP contribution in [0.2, 0.25) is 0 Å². The van der Waals surface area contributed by atoms with Gasteiger partial charge in [0.2, 0.25) is 5.91 Å². The van der Waals surface area contributed by atoms with Gasteiger partial charge in [-0.15, -0.1) is 0 Å². The zero-order valence-corrected chi connectivity index (χ0v) is 13.7. The summed E-state index contributed by atoms with van der Waals surface area (Å²) in [5, 5.41) is 0. The molecule has 0 radical (unpaired) electrons. The molecule has 3 rings (SSSR count). The summed E-state index contributed by atoms with van der Waals surface area (Å²) < 4.78 is 41.6. The number of likely N-dealkylation sites (tertiary alicyclic amines) is 2. The van der Waals surface area contributed by atoms with E-state index in [-0.39, 0.29) is 13.0 Å². The number of piperidine rings is 1. The van der Waals surface area contributed by atoms with E-state index in [1.54, 1.807) is 4.90 Å². The van der Waals surface area contributed by atoms with Crippen LogP contribution in [0.4, 0.5) is 13.2 Å². The maximum atomic E-state index is 13.9. The van der Waals surface area contributed by atoms with Gasteiger partial charge >= 0.3 is 6.18 Å². The molecule has 3 nitrogen and oxygen atoms in total. The van der Waals surface area contributed by atoms with Crippen molar-refractivity contribution in [2.24, 2.45) is 5.41 Å². The lowest BCUT2D eigenvalue weighted by atomic mass is 9.84. The van der Waals surface area contributed by atoms with E-state index in [2.05, 4.69) is 0 Å². The van der Waals surface area contributed by atoms with E-state index < -0.39 is 17.5 Å². The lowest BCUT2D eigenvalue weighted by molar-refractivity contribution is -0.224. The first kappa shape index (κ1) is 17.3. The summed E-state index contributed by atoms with van der Waals surface area (Å²) in [5.74, 6) is -0.717. The SMILES string of the molecule is O=C(N1CCCCC1)[C@]1(C(F)(F)F)CCN(Cc2ccccc2)C1. The maximum Gasteiger partial charge on any atom is 0.404 e. The molecule has 1 amide bonds. The Balaban J connectivity index is 1.77. The van der Waals surface area contributed by atoms with E-state index in [1.807, 2.05) is 30.3 Å². The number of carbonyl (C=O) groups excluding carboxylic acids is 1. The van der Waals surface area contributed by atoms with E-state index in [0.29, 0.717) is 26.2 Å². The van der Waals surface area contributed by atoms with Crippen LogP contribution in [0.25, 0.3) is 0 Å². The first-order chi connectivity index (χ1) is 11.4. The fourth-order valence-electron chi connectivity index (χ4n) is 3.79. The van der Waals surface area contributed by atoms with Crippen molar-refractivity contribution in [3.8, 4) is 0 Å². The Labute approximate surface area is 140 Å². The molecular formula is C18H23F3N2O. The molecule has 1 atom stereocenters. The summed E-state index contributed by atoms with van der Waals surface area (Å²) in [5.41, 5.74) is -1.26. The largest absolute Gasteiger partial charge is 0.404 e. The standard InChI is InChI=1S/C18H23F3N2O/c19-18(20,21)17(16(24)23-10-5-2-6-11-23)9-12-22(14-17)13-15-7-3-1-4-8-15/h1,3-4,7-8H,2,5-6,9-14H2/t17-/m0/s1. The molecule has 0 saturated carbocycles. The van der Waals surface area contributed by atoms with E-state index in [0.717, 1.165) is 24.8 Å². The second kappa shape index (κ2) is 6.75. The second-order valence-electron chi connectivity index (χ2n) is 6.88. The highest BCUT2D eigenvalue weighted by molar-refractivity contribution is 5.84. The van der Waals surface area contributed by atoms with Crippen LogP contribution in [0.5, 0.6) is 0 Å². The predicted octanol–water partition coefficient (Wildman–Crippen LogP) is 3.45. The highest BCUT2D eigenvalue weighted by Crippen LogP contribution is 2.47. The fraction of sp³-hybridized carbons (Fsp3) is 0.611. The van der Waals surface area contributed by atoms with Crippen molar-refractivity contribution in [3.63, 3.8) is 0 Å². The van der Waals surface area contributed by atoms with Crippen LogP contribution in [0.3, 0.4) is 0 Å². The number of halogens is 3. The summed E-state index contributed by atoms with van der Waals surface area (Å²) in [6.45, 7) is 1.42. The van der Waals surface area contributed by atoms with E-state index in [4.69, 9.17) is 0 Å². The van der Waals surface area contributed by atoms with Crippen molar-refractivity contribution in [3.05, 3.63) is 35.9 Å². The molecule has 2 aliphatic heterocycles. The highest BCUT2D eigenvalue weighted by atomic mass is 19.4. The Morgan fingerprint density at radius 3 is 2.33 bits per heavy atom. The van der Waals surface area contributed by atoms with Gasteiger partial charge in [-0.05, 0) is 37.8 Å². The molecule has 2 heterocycles. The van der Waals surface area contributed by atoms with Crippen LogP contribution in [0.15, 0.2) is 30.3 Å². The number of hydrogen-bond donors (Lipinski definition) is 0. The smallest absolute Gasteiger partial charge is 0.342 e. The minimum atomic E-state index is -4.51. The topological polar surface area (TPSA) is 23.6 Å². The third-order valence-corrected chi connectivity index (χ3v) is 5.19. The summed E-state index contributed by atoms with van der Waals surface area (Å²) in [7, 11) is 0. The first-order valence-corrected chi connectivity index (χ1v) is 8.55. The summed E-state index contributed by atoms with van der Waals surface area (Å²) in [6.07, 6.45) is -2.06. The Morgan fingerprint density at radius 2 is 1.71 bits per heavy atom. The predicted molar refractivity (Wildman–Crippen MR) is 85.3 cm³/mol. The van der Waals surface area contributed by atoms with Crippen LogP contribution >= 0.6 is 0 Å².